The maximum atomic E-state index is 12.0. The summed E-state index contributed by atoms with van der Waals surface area (Å²) in [7, 11) is 1.98. The number of hydrazine groups is 1. The van der Waals surface area contributed by atoms with Crippen LogP contribution in [0.2, 0.25) is 0 Å². The molecule has 0 saturated carbocycles. The molecule has 0 bridgehead atoms. The molecule has 5 heteroatoms. The van der Waals surface area contributed by atoms with E-state index < -0.39 is 0 Å². The first kappa shape index (κ1) is 15.3. The second kappa shape index (κ2) is 7.06. The maximum absolute atomic E-state index is 12.0. The van der Waals surface area contributed by atoms with Gasteiger partial charge in [-0.3, -0.25) is 10.2 Å². The summed E-state index contributed by atoms with van der Waals surface area (Å²) in [5, 5.41) is 0. The number of carbonyl (C=O) groups is 1. The Labute approximate surface area is 124 Å². The summed E-state index contributed by atoms with van der Waals surface area (Å²) >= 11 is 0. The smallest absolute Gasteiger partial charge is 0.242 e. The minimum absolute atomic E-state index is 0.183. The van der Waals surface area contributed by atoms with Crippen molar-refractivity contribution in [2.45, 2.75) is 19.4 Å². The molecule has 1 aromatic heterocycles. The predicted molar refractivity (Wildman–Crippen MR) is 81.3 cm³/mol. The number of hydrogen-bond acceptors (Lipinski definition) is 4. The fraction of sp³-hybridized carbons (Fsp3) is 0.312. The van der Waals surface area contributed by atoms with Gasteiger partial charge >= 0.3 is 0 Å². The van der Waals surface area contributed by atoms with Gasteiger partial charge in [0, 0.05) is 18.7 Å². The van der Waals surface area contributed by atoms with E-state index in [-0.39, 0.29) is 11.8 Å². The molecule has 112 valence electrons. The standard InChI is InChI=1S/C16H21N3O2/c1-12-14(8-9-21-12)10-19(2)11-15(16(20)18-17)13-6-4-3-5-7-13/h3-9,15H,10-11,17H2,1-2H3,(H,18,20). The summed E-state index contributed by atoms with van der Waals surface area (Å²) in [5.41, 5.74) is 4.33. The van der Waals surface area contributed by atoms with Gasteiger partial charge in [-0.05, 0) is 25.6 Å². The van der Waals surface area contributed by atoms with E-state index in [1.54, 1.807) is 6.26 Å². The summed E-state index contributed by atoms with van der Waals surface area (Å²) in [5.74, 6) is 5.74. The summed E-state index contributed by atoms with van der Waals surface area (Å²) in [6.45, 7) is 3.24. The van der Waals surface area contributed by atoms with E-state index in [9.17, 15) is 4.79 Å². The minimum atomic E-state index is -0.298. The van der Waals surface area contributed by atoms with E-state index >= 15 is 0 Å². The Morgan fingerprint density at radius 2 is 2.05 bits per heavy atom. The van der Waals surface area contributed by atoms with Crippen molar-refractivity contribution >= 4 is 5.91 Å². The fourth-order valence-corrected chi connectivity index (χ4v) is 2.37. The van der Waals surface area contributed by atoms with Crippen molar-refractivity contribution in [3.8, 4) is 0 Å². The fourth-order valence-electron chi connectivity index (χ4n) is 2.37. The van der Waals surface area contributed by atoms with Crippen molar-refractivity contribution in [1.82, 2.24) is 10.3 Å². The van der Waals surface area contributed by atoms with Gasteiger partial charge in [0.25, 0.3) is 0 Å². The zero-order valence-electron chi connectivity index (χ0n) is 12.4. The molecule has 0 radical (unpaired) electrons. The number of furan rings is 1. The van der Waals surface area contributed by atoms with Gasteiger partial charge in [-0.2, -0.15) is 0 Å². The van der Waals surface area contributed by atoms with Crippen LogP contribution in [0.3, 0.4) is 0 Å². The van der Waals surface area contributed by atoms with Crippen LogP contribution < -0.4 is 11.3 Å². The quantitative estimate of drug-likeness (QED) is 0.483. The number of amides is 1. The topological polar surface area (TPSA) is 71.5 Å². The number of nitrogens with two attached hydrogens (primary N) is 1. The molecule has 0 aliphatic heterocycles. The number of likely N-dealkylation sites (N-methyl/N-ethyl adjacent to an activating group) is 1. The Hall–Kier alpha value is -2.11. The summed E-state index contributed by atoms with van der Waals surface area (Å²) < 4.78 is 5.30. The Morgan fingerprint density at radius 1 is 1.33 bits per heavy atom. The van der Waals surface area contributed by atoms with Crippen LogP contribution in [0.15, 0.2) is 47.1 Å². The van der Waals surface area contributed by atoms with E-state index in [0.29, 0.717) is 6.54 Å². The van der Waals surface area contributed by atoms with Gasteiger partial charge in [0.2, 0.25) is 5.91 Å². The molecule has 2 aromatic rings. The van der Waals surface area contributed by atoms with Crippen LogP contribution in [0.4, 0.5) is 0 Å². The predicted octanol–water partition coefficient (Wildman–Crippen LogP) is 1.79. The molecule has 0 aliphatic rings. The molecule has 1 amide bonds. The molecule has 1 aromatic carbocycles. The molecule has 2 rings (SSSR count). The number of aryl methyl sites for hydroxylation is 1. The molecule has 0 aliphatic carbocycles. The lowest BCUT2D eigenvalue weighted by atomic mass is 9.97. The number of carbonyl (C=O) groups excluding carboxylic acids is 1. The van der Waals surface area contributed by atoms with Gasteiger partial charge in [0.1, 0.15) is 5.76 Å². The average Bonchev–Trinajstić information content (AvgIpc) is 2.90. The lowest BCUT2D eigenvalue weighted by Gasteiger charge is -2.23. The van der Waals surface area contributed by atoms with E-state index in [1.165, 1.54) is 0 Å². The van der Waals surface area contributed by atoms with Crippen LogP contribution in [0.25, 0.3) is 0 Å². The molecule has 3 N–H and O–H groups in total. The molecular weight excluding hydrogens is 266 g/mol. The van der Waals surface area contributed by atoms with E-state index in [2.05, 4.69) is 10.3 Å². The van der Waals surface area contributed by atoms with Gasteiger partial charge < -0.3 is 9.32 Å². The molecule has 1 atom stereocenters. The van der Waals surface area contributed by atoms with E-state index in [4.69, 9.17) is 10.3 Å². The summed E-state index contributed by atoms with van der Waals surface area (Å²) in [6.07, 6.45) is 1.68. The van der Waals surface area contributed by atoms with Crippen molar-refractivity contribution in [3.05, 3.63) is 59.5 Å². The number of rotatable bonds is 6. The molecule has 21 heavy (non-hydrogen) atoms. The SMILES string of the molecule is Cc1occc1CN(C)CC(C(=O)NN)c1ccccc1. The molecule has 1 heterocycles. The Kier molecular flexibility index (Phi) is 5.14. The lowest BCUT2D eigenvalue weighted by Crippen LogP contribution is -2.39. The molecular formula is C16H21N3O2. The highest BCUT2D eigenvalue weighted by Crippen LogP contribution is 2.19. The number of nitrogens with one attached hydrogen (secondary N) is 1. The van der Waals surface area contributed by atoms with E-state index in [1.807, 2.05) is 50.4 Å². The maximum Gasteiger partial charge on any atom is 0.242 e. The van der Waals surface area contributed by atoms with Crippen molar-refractivity contribution < 1.29 is 9.21 Å². The zero-order valence-corrected chi connectivity index (χ0v) is 12.4. The second-order valence-corrected chi connectivity index (χ2v) is 5.17. The summed E-state index contributed by atoms with van der Waals surface area (Å²) in [6, 6.07) is 11.6. The Morgan fingerprint density at radius 3 is 2.62 bits per heavy atom. The third-order valence-electron chi connectivity index (χ3n) is 3.56. The molecule has 1 unspecified atom stereocenters. The van der Waals surface area contributed by atoms with Crippen LogP contribution in [-0.2, 0) is 11.3 Å². The van der Waals surface area contributed by atoms with Gasteiger partial charge in [-0.15, -0.1) is 0 Å². The third kappa shape index (κ3) is 3.93. The van der Waals surface area contributed by atoms with Crippen LogP contribution in [0.1, 0.15) is 22.8 Å². The normalized spacial score (nSPS) is 12.4. The monoisotopic (exact) mass is 287 g/mol. The lowest BCUT2D eigenvalue weighted by molar-refractivity contribution is -0.123. The second-order valence-electron chi connectivity index (χ2n) is 5.17. The van der Waals surface area contributed by atoms with Crippen molar-refractivity contribution in [2.24, 2.45) is 5.84 Å². The van der Waals surface area contributed by atoms with Crippen molar-refractivity contribution in [2.75, 3.05) is 13.6 Å². The highest BCUT2D eigenvalue weighted by Gasteiger charge is 2.21. The first-order valence-electron chi connectivity index (χ1n) is 6.88. The summed E-state index contributed by atoms with van der Waals surface area (Å²) in [4.78, 5) is 14.1. The minimum Gasteiger partial charge on any atom is -0.469 e. The van der Waals surface area contributed by atoms with E-state index in [0.717, 1.165) is 23.4 Å². The first-order chi connectivity index (χ1) is 10.1. The number of hydrogen-bond donors (Lipinski definition) is 2. The van der Waals surface area contributed by atoms with Crippen LogP contribution in [-0.4, -0.2) is 24.4 Å². The third-order valence-corrected chi connectivity index (χ3v) is 3.56. The van der Waals surface area contributed by atoms with Gasteiger partial charge in [0.15, 0.2) is 0 Å². The van der Waals surface area contributed by atoms with Crippen LogP contribution >= 0.6 is 0 Å². The van der Waals surface area contributed by atoms with Gasteiger partial charge in [0.05, 0.1) is 12.2 Å². The Bertz CT molecular complexity index is 580. The van der Waals surface area contributed by atoms with Crippen LogP contribution in [0.5, 0.6) is 0 Å². The molecule has 0 saturated heterocycles. The van der Waals surface area contributed by atoms with Crippen LogP contribution in [0, 0.1) is 6.92 Å². The molecule has 0 fully saturated rings. The van der Waals surface area contributed by atoms with Crippen molar-refractivity contribution in [3.63, 3.8) is 0 Å². The largest absolute Gasteiger partial charge is 0.469 e. The molecule has 0 spiro atoms. The Balaban J connectivity index is 2.08. The van der Waals surface area contributed by atoms with Gasteiger partial charge in [-0.1, -0.05) is 30.3 Å². The first-order valence-corrected chi connectivity index (χ1v) is 6.88. The zero-order chi connectivity index (χ0) is 15.2. The highest BCUT2D eigenvalue weighted by molar-refractivity contribution is 5.83. The highest BCUT2D eigenvalue weighted by atomic mass is 16.3. The number of nitrogens with zero attached hydrogens (tertiary/aromatic N) is 1. The average molecular weight is 287 g/mol. The number of benzene rings is 1. The van der Waals surface area contributed by atoms with Crippen molar-refractivity contribution in [1.29, 1.82) is 0 Å². The van der Waals surface area contributed by atoms with Gasteiger partial charge in [-0.25, -0.2) is 5.84 Å². The molecule has 5 nitrogen and oxygen atoms in total.